The number of hydrogen-bond donors (Lipinski definition) is 1. The van der Waals surface area contributed by atoms with Crippen molar-refractivity contribution in [2.24, 2.45) is 5.92 Å². The van der Waals surface area contributed by atoms with Crippen LogP contribution in [-0.2, 0) is 9.53 Å². The van der Waals surface area contributed by atoms with Crippen LogP contribution in [0.5, 0.6) is 0 Å². The summed E-state index contributed by atoms with van der Waals surface area (Å²) in [5, 5.41) is 8.73. The van der Waals surface area contributed by atoms with Gasteiger partial charge in [0.1, 0.15) is 0 Å². The molecule has 1 saturated carbocycles. The van der Waals surface area contributed by atoms with Gasteiger partial charge in [-0.25, -0.2) is 0 Å². The van der Waals surface area contributed by atoms with Crippen molar-refractivity contribution in [1.29, 1.82) is 0 Å². The first-order valence-corrected chi connectivity index (χ1v) is 3.76. The highest BCUT2D eigenvalue weighted by Crippen LogP contribution is 2.36. The van der Waals surface area contributed by atoms with E-state index in [9.17, 15) is 18.0 Å². The van der Waals surface area contributed by atoms with Gasteiger partial charge >= 0.3 is 17.9 Å². The minimum Gasteiger partial charge on any atom is -0.423 e. The predicted octanol–water partition coefficient (Wildman–Crippen LogP) is 1.21. The third kappa shape index (κ3) is 2.33. The molecule has 1 atom stereocenters. The maximum Gasteiger partial charge on any atom is 0.455 e. The molecule has 0 aliphatic heterocycles. The molecule has 0 radical (unpaired) electrons. The third-order valence-electron chi connectivity index (χ3n) is 1.74. The summed E-state index contributed by atoms with van der Waals surface area (Å²) < 4.78 is 39.8. The van der Waals surface area contributed by atoms with Gasteiger partial charge in [-0.3, -0.25) is 4.79 Å². The van der Waals surface area contributed by atoms with E-state index in [-0.39, 0.29) is 0 Å². The lowest BCUT2D eigenvalue weighted by Gasteiger charge is -2.25. The first-order chi connectivity index (χ1) is 5.74. The van der Waals surface area contributed by atoms with Crippen molar-refractivity contribution in [1.82, 2.24) is 0 Å². The first kappa shape index (κ1) is 10.3. The van der Waals surface area contributed by atoms with Crippen molar-refractivity contribution >= 4 is 5.97 Å². The molecule has 0 aromatic rings. The predicted molar refractivity (Wildman–Crippen MR) is 35.5 cm³/mol. The summed E-state index contributed by atoms with van der Waals surface area (Å²) >= 11 is 0. The van der Waals surface area contributed by atoms with Gasteiger partial charge in [-0.15, -0.1) is 0 Å². The summed E-state index contributed by atoms with van der Waals surface area (Å²) in [6.07, 6.45) is -3.88. The molecule has 1 aliphatic carbocycles. The van der Waals surface area contributed by atoms with Crippen LogP contribution in [0.4, 0.5) is 13.2 Å². The Balaban J connectivity index is 2.55. The van der Waals surface area contributed by atoms with E-state index in [4.69, 9.17) is 5.11 Å². The smallest absolute Gasteiger partial charge is 0.423 e. The number of hydrogen-bond acceptors (Lipinski definition) is 3. The number of aliphatic hydroxyl groups is 1. The fraction of sp³-hybridized carbons (Fsp3) is 0.857. The lowest BCUT2D eigenvalue weighted by Crippen LogP contribution is -2.46. The molecule has 1 N–H and O–H groups in total. The van der Waals surface area contributed by atoms with Gasteiger partial charge in [0, 0.05) is 6.92 Å². The molecule has 1 aliphatic rings. The number of esters is 1. The average molecular weight is 198 g/mol. The molecule has 0 saturated heterocycles. The van der Waals surface area contributed by atoms with Crippen LogP contribution >= 0.6 is 0 Å². The molecule has 0 spiro atoms. The van der Waals surface area contributed by atoms with Crippen LogP contribution in [0, 0.1) is 5.92 Å². The highest BCUT2D eigenvalue weighted by molar-refractivity contribution is 5.75. The highest BCUT2D eigenvalue weighted by Gasteiger charge is 2.54. The summed E-state index contributed by atoms with van der Waals surface area (Å²) in [6.45, 7) is 0.410. The Labute approximate surface area is 72.5 Å². The van der Waals surface area contributed by atoms with E-state index in [0.717, 1.165) is 0 Å². The van der Waals surface area contributed by atoms with Crippen LogP contribution in [0.1, 0.15) is 19.8 Å². The summed E-state index contributed by atoms with van der Waals surface area (Å²) in [5.41, 5.74) is 0. The van der Waals surface area contributed by atoms with E-state index in [2.05, 4.69) is 4.74 Å². The standard InChI is InChI=1S/C7H9F3O3/c1-6(12,7(8,9)10)13-5(11)4-2-3-4/h4,12H,2-3H2,1H3. The Hall–Kier alpha value is -0.780. The van der Waals surface area contributed by atoms with E-state index in [1.54, 1.807) is 0 Å². The maximum atomic E-state index is 12.0. The SMILES string of the molecule is CC(O)(OC(=O)C1CC1)C(F)(F)F. The van der Waals surface area contributed by atoms with E-state index >= 15 is 0 Å². The Morgan fingerprint density at radius 2 is 1.92 bits per heavy atom. The van der Waals surface area contributed by atoms with Gasteiger partial charge in [0.05, 0.1) is 5.92 Å². The van der Waals surface area contributed by atoms with E-state index in [1.165, 1.54) is 0 Å². The molecule has 0 amide bonds. The minimum absolute atomic E-state index is 0.410. The van der Waals surface area contributed by atoms with Gasteiger partial charge in [-0.1, -0.05) is 0 Å². The lowest BCUT2D eigenvalue weighted by atomic mass is 10.3. The molecule has 1 fully saturated rings. The van der Waals surface area contributed by atoms with Gasteiger partial charge in [-0.2, -0.15) is 13.2 Å². The number of halogens is 3. The average Bonchev–Trinajstić information content (AvgIpc) is 2.62. The van der Waals surface area contributed by atoms with E-state index in [1.807, 2.05) is 0 Å². The maximum absolute atomic E-state index is 12.0. The zero-order chi connectivity index (χ0) is 10.3. The van der Waals surface area contributed by atoms with Crippen molar-refractivity contribution in [2.75, 3.05) is 0 Å². The Bertz CT molecular complexity index is 218. The number of alkyl halides is 3. The molecule has 13 heavy (non-hydrogen) atoms. The third-order valence-corrected chi connectivity index (χ3v) is 1.74. The molecule has 0 aromatic heterocycles. The van der Waals surface area contributed by atoms with E-state index < -0.39 is 23.9 Å². The van der Waals surface area contributed by atoms with Gasteiger partial charge in [0.25, 0.3) is 0 Å². The summed E-state index contributed by atoms with van der Waals surface area (Å²) in [4.78, 5) is 10.8. The van der Waals surface area contributed by atoms with Crippen LogP contribution in [-0.4, -0.2) is 23.0 Å². The molecule has 76 valence electrons. The molecular weight excluding hydrogens is 189 g/mol. The lowest BCUT2D eigenvalue weighted by molar-refractivity contribution is -0.343. The zero-order valence-corrected chi connectivity index (χ0v) is 6.89. The van der Waals surface area contributed by atoms with Gasteiger partial charge in [-0.05, 0) is 12.8 Å². The quantitative estimate of drug-likeness (QED) is 0.535. The van der Waals surface area contributed by atoms with Crippen molar-refractivity contribution in [3.63, 3.8) is 0 Å². The second-order valence-corrected chi connectivity index (χ2v) is 3.18. The van der Waals surface area contributed by atoms with E-state index in [0.29, 0.717) is 19.8 Å². The zero-order valence-electron chi connectivity index (χ0n) is 6.89. The number of carbonyl (C=O) groups is 1. The van der Waals surface area contributed by atoms with Gasteiger partial charge in [0.15, 0.2) is 0 Å². The van der Waals surface area contributed by atoms with Gasteiger partial charge in [0.2, 0.25) is 0 Å². The van der Waals surface area contributed by atoms with Gasteiger partial charge < -0.3 is 9.84 Å². The fourth-order valence-electron chi connectivity index (χ4n) is 0.656. The Morgan fingerprint density at radius 1 is 1.46 bits per heavy atom. The van der Waals surface area contributed by atoms with Crippen LogP contribution in [0.25, 0.3) is 0 Å². The van der Waals surface area contributed by atoms with Crippen LogP contribution in [0.15, 0.2) is 0 Å². The molecule has 6 heteroatoms. The normalized spacial score (nSPS) is 22.2. The molecule has 1 rings (SSSR count). The second-order valence-electron chi connectivity index (χ2n) is 3.18. The summed E-state index contributed by atoms with van der Waals surface area (Å²) in [7, 11) is 0. The molecule has 0 aromatic carbocycles. The number of ether oxygens (including phenoxy) is 1. The van der Waals surface area contributed by atoms with Crippen molar-refractivity contribution in [3.8, 4) is 0 Å². The summed E-state index contributed by atoms with van der Waals surface area (Å²) in [5.74, 6) is -4.82. The van der Waals surface area contributed by atoms with Crippen LogP contribution < -0.4 is 0 Å². The van der Waals surface area contributed by atoms with Crippen molar-refractivity contribution in [3.05, 3.63) is 0 Å². The number of carbonyl (C=O) groups excluding carboxylic acids is 1. The summed E-state index contributed by atoms with van der Waals surface area (Å²) in [6, 6.07) is 0. The first-order valence-electron chi connectivity index (χ1n) is 3.76. The fourth-order valence-corrected chi connectivity index (χ4v) is 0.656. The molecule has 1 unspecified atom stereocenters. The molecular formula is C7H9F3O3. The number of rotatable bonds is 2. The highest BCUT2D eigenvalue weighted by atomic mass is 19.4. The molecule has 3 nitrogen and oxygen atoms in total. The topological polar surface area (TPSA) is 46.5 Å². The van der Waals surface area contributed by atoms with Crippen LogP contribution in [0.2, 0.25) is 0 Å². The Morgan fingerprint density at radius 3 is 2.23 bits per heavy atom. The molecule has 0 bridgehead atoms. The minimum atomic E-state index is -4.95. The largest absolute Gasteiger partial charge is 0.455 e. The van der Waals surface area contributed by atoms with Crippen LogP contribution in [0.3, 0.4) is 0 Å². The second kappa shape index (κ2) is 2.87. The molecule has 0 heterocycles. The van der Waals surface area contributed by atoms with Crippen molar-refractivity contribution in [2.45, 2.75) is 31.7 Å². The van der Waals surface area contributed by atoms with Crippen molar-refractivity contribution < 1.29 is 27.8 Å². The Kier molecular flexibility index (Phi) is 2.27. The monoisotopic (exact) mass is 198 g/mol.